The highest BCUT2D eigenvalue weighted by molar-refractivity contribution is 5.87. The molecule has 0 aromatic carbocycles. The van der Waals surface area contributed by atoms with Gasteiger partial charge >= 0.3 is 5.97 Å². The predicted octanol–water partition coefficient (Wildman–Crippen LogP) is -0.782. The zero-order valence-corrected chi connectivity index (χ0v) is 12.6. The number of rotatable bonds is 2. The van der Waals surface area contributed by atoms with Gasteiger partial charge in [-0.3, -0.25) is 9.59 Å². The Morgan fingerprint density at radius 2 is 1.81 bits per heavy atom. The summed E-state index contributed by atoms with van der Waals surface area (Å²) in [6.45, 7) is 4.21. The number of hydrogen-bond donors (Lipinski definition) is 1. The Kier molecular flexibility index (Phi) is 5.17. The van der Waals surface area contributed by atoms with E-state index >= 15 is 0 Å². The summed E-state index contributed by atoms with van der Waals surface area (Å²) >= 11 is 0. The van der Waals surface area contributed by atoms with Crippen molar-refractivity contribution in [2.75, 3.05) is 39.8 Å². The normalized spacial score (nSPS) is 23.8. The van der Waals surface area contributed by atoms with E-state index in [0.717, 1.165) is 25.9 Å². The minimum Gasteiger partial charge on any atom is -0.467 e. The van der Waals surface area contributed by atoms with Crippen molar-refractivity contribution in [2.24, 2.45) is 5.92 Å². The van der Waals surface area contributed by atoms with Crippen molar-refractivity contribution < 1.29 is 19.1 Å². The average molecular weight is 297 g/mol. The number of amides is 2. The lowest BCUT2D eigenvalue weighted by Crippen LogP contribution is -2.60. The van der Waals surface area contributed by atoms with Gasteiger partial charge in [-0.05, 0) is 25.9 Å². The molecule has 7 heteroatoms. The van der Waals surface area contributed by atoms with Gasteiger partial charge in [-0.1, -0.05) is 0 Å². The van der Waals surface area contributed by atoms with E-state index in [9.17, 15) is 14.4 Å². The Morgan fingerprint density at radius 1 is 1.14 bits per heavy atom. The van der Waals surface area contributed by atoms with E-state index in [0.29, 0.717) is 13.1 Å². The highest BCUT2D eigenvalue weighted by atomic mass is 16.5. The molecule has 2 saturated heterocycles. The van der Waals surface area contributed by atoms with Crippen molar-refractivity contribution in [3.63, 3.8) is 0 Å². The first-order valence-corrected chi connectivity index (χ1v) is 7.39. The van der Waals surface area contributed by atoms with Gasteiger partial charge < -0.3 is 19.9 Å². The Hall–Kier alpha value is -1.63. The third-order valence-corrected chi connectivity index (χ3v) is 4.27. The molecule has 2 rings (SSSR count). The van der Waals surface area contributed by atoms with E-state index < -0.39 is 12.0 Å². The Bertz CT molecular complexity index is 420. The second-order valence-electron chi connectivity index (χ2n) is 5.56. The van der Waals surface area contributed by atoms with Gasteiger partial charge in [-0.25, -0.2) is 4.79 Å². The lowest BCUT2D eigenvalue weighted by atomic mass is 9.95. The zero-order valence-electron chi connectivity index (χ0n) is 12.6. The van der Waals surface area contributed by atoms with Crippen molar-refractivity contribution >= 4 is 17.8 Å². The number of piperidine rings is 1. The van der Waals surface area contributed by atoms with Crippen molar-refractivity contribution in [1.82, 2.24) is 15.1 Å². The molecule has 2 amide bonds. The van der Waals surface area contributed by atoms with Crippen molar-refractivity contribution in [3.05, 3.63) is 0 Å². The third kappa shape index (κ3) is 3.53. The van der Waals surface area contributed by atoms with Crippen molar-refractivity contribution in [3.8, 4) is 0 Å². The van der Waals surface area contributed by atoms with Crippen LogP contribution in [0, 0.1) is 5.92 Å². The smallest absolute Gasteiger partial charge is 0.330 e. The van der Waals surface area contributed by atoms with Gasteiger partial charge in [-0.15, -0.1) is 0 Å². The van der Waals surface area contributed by atoms with E-state index in [1.165, 1.54) is 14.0 Å². The number of methoxy groups -OCH3 is 1. The molecule has 0 saturated carbocycles. The fourth-order valence-corrected chi connectivity index (χ4v) is 2.97. The highest BCUT2D eigenvalue weighted by Crippen LogP contribution is 2.20. The molecule has 0 bridgehead atoms. The maximum absolute atomic E-state index is 12.6. The molecule has 2 aliphatic rings. The van der Waals surface area contributed by atoms with Crippen LogP contribution in [0.4, 0.5) is 0 Å². The van der Waals surface area contributed by atoms with Gasteiger partial charge in [0.05, 0.1) is 13.7 Å². The lowest BCUT2D eigenvalue weighted by Gasteiger charge is -2.41. The van der Waals surface area contributed by atoms with Gasteiger partial charge in [0.1, 0.15) is 6.04 Å². The third-order valence-electron chi connectivity index (χ3n) is 4.27. The van der Waals surface area contributed by atoms with E-state index in [-0.39, 0.29) is 24.3 Å². The summed E-state index contributed by atoms with van der Waals surface area (Å²) in [7, 11) is 1.31. The number of piperazine rings is 1. The SMILES string of the molecule is COC(=O)C1CN(C(C)=O)CCN1C(=O)C1CCNCC1. The maximum atomic E-state index is 12.6. The summed E-state index contributed by atoms with van der Waals surface area (Å²) in [5.74, 6) is -0.571. The van der Waals surface area contributed by atoms with Crippen LogP contribution >= 0.6 is 0 Å². The molecule has 0 radical (unpaired) electrons. The number of nitrogens with one attached hydrogen (secondary N) is 1. The minimum absolute atomic E-state index is 0.00935. The Morgan fingerprint density at radius 3 is 2.38 bits per heavy atom. The molecule has 21 heavy (non-hydrogen) atoms. The molecule has 0 aromatic rings. The molecule has 0 aromatic heterocycles. The molecule has 0 aliphatic carbocycles. The monoisotopic (exact) mass is 297 g/mol. The topological polar surface area (TPSA) is 79.0 Å². The molecule has 118 valence electrons. The summed E-state index contributed by atoms with van der Waals surface area (Å²) in [6, 6.07) is -0.685. The van der Waals surface area contributed by atoms with Crippen molar-refractivity contribution in [2.45, 2.75) is 25.8 Å². The summed E-state index contributed by atoms with van der Waals surface area (Å²) < 4.78 is 4.80. The van der Waals surface area contributed by atoms with Crippen LogP contribution in [0.2, 0.25) is 0 Å². The molecular weight excluding hydrogens is 274 g/mol. The summed E-state index contributed by atoms with van der Waals surface area (Å²) in [5, 5.41) is 3.22. The van der Waals surface area contributed by atoms with Gasteiger partial charge in [0.2, 0.25) is 11.8 Å². The number of ether oxygens (including phenoxy) is 1. The van der Waals surface area contributed by atoms with Crippen LogP contribution in [0.3, 0.4) is 0 Å². The zero-order chi connectivity index (χ0) is 15.4. The molecule has 1 atom stereocenters. The van der Waals surface area contributed by atoms with Crippen LogP contribution in [-0.2, 0) is 19.1 Å². The quantitative estimate of drug-likeness (QED) is 0.676. The molecule has 7 nitrogen and oxygen atoms in total. The Balaban J connectivity index is 2.10. The van der Waals surface area contributed by atoms with Crippen LogP contribution in [-0.4, -0.2) is 73.5 Å². The van der Waals surface area contributed by atoms with E-state index in [1.54, 1.807) is 9.80 Å². The molecule has 0 spiro atoms. The lowest BCUT2D eigenvalue weighted by molar-refractivity contribution is -0.160. The molecule has 2 fully saturated rings. The van der Waals surface area contributed by atoms with Crippen LogP contribution < -0.4 is 5.32 Å². The number of carbonyl (C=O) groups is 3. The number of nitrogens with zero attached hydrogens (tertiary/aromatic N) is 2. The summed E-state index contributed by atoms with van der Waals surface area (Å²) in [6.07, 6.45) is 1.58. The molecule has 1 N–H and O–H groups in total. The maximum Gasteiger partial charge on any atom is 0.330 e. The second-order valence-corrected chi connectivity index (χ2v) is 5.56. The van der Waals surface area contributed by atoms with Crippen molar-refractivity contribution in [1.29, 1.82) is 0 Å². The standard InChI is InChI=1S/C14H23N3O4/c1-10(18)16-7-8-17(12(9-16)14(20)21-2)13(19)11-3-5-15-6-4-11/h11-12,15H,3-9H2,1-2H3. The van der Waals surface area contributed by atoms with Crippen LogP contribution in [0.25, 0.3) is 0 Å². The summed E-state index contributed by atoms with van der Waals surface area (Å²) in [4.78, 5) is 39.3. The first-order chi connectivity index (χ1) is 10.0. The largest absolute Gasteiger partial charge is 0.467 e. The van der Waals surface area contributed by atoms with Gasteiger partial charge in [0, 0.05) is 25.9 Å². The molecular formula is C14H23N3O4. The van der Waals surface area contributed by atoms with E-state index in [2.05, 4.69) is 5.32 Å². The van der Waals surface area contributed by atoms with E-state index in [4.69, 9.17) is 4.74 Å². The molecule has 2 aliphatic heterocycles. The van der Waals surface area contributed by atoms with Crippen LogP contribution in [0.5, 0.6) is 0 Å². The number of esters is 1. The van der Waals surface area contributed by atoms with Gasteiger partial charge in [0.25, 0.3) is 0 Å². The second kappa shape index (κ2) is 6.89. The highest BCUT2D eigenvalue weighted by Gasteiger charge is 2.39. The van der Waals surface area contributed by atoms with Gasteiger partial charge in [0.15, 0.2) is 0 Å². The molecule has 1 unspecified atom stereocenters. The van der Waals surface area contributed by atoms with E-state index in [1.807, 2.05) is 0 Å². The fourth-order valence-electron chi connectivity index (χ4n) is 2.97. The molecule has 2 heterocycles. The number of hydrogen-bond acceptors (Lipinski definition) is 5. The van der Waals surface area contributed by atoms with Crippen LogP contribution in [0.1, 0.15) is 19.8 Å². The predicted molar refractivity (Wildman–Crippen MR) is 75.4 cm³/mol. The fraction of sp³-hybridized carbons (Fsp3) is 0.786. The van der Waals surface area contributed by atoms with Gasteiger partial charge in [-0.2, -0.15) is 0 Å². The average Bonchev–Trinajstić information content (AvgIpc) is 2.53. The minimum atomic E-state index is -0.685. The Labute approximate surface area is 124 Å². The first-order valence-electron chi connectivity index (χ1n) is 7.39. The number of carbonyl (C=O) groups excluding carboxylic acids is 3. The summed E-state index contributed by atoms with van der Waals surface area (Å²) in [5.41, 5.74) is 0. The first kappa shape index (κ1) is 15.8. The van der Waals surface area contributed by atoms with Crippen LogP contribution in [0.15, 0.2) is 0 Å².